The lowest BCUT2D eigenvalue weighted by Gasteiger charge is -2.27. The Morgan fingerprint density at radius 2 is 2.12 bits per heavy atom. The molecule has 0 aromatic rings. The van der Waals surface area contributed by atoms with Gasteiger partial charge in [-0.3, -0.25) is 4.99 Å². The predicted molar refractivity (Wildman–Crippen MR) is 66.6 cm³/mol. The Morgan fingerprint density at radius 1 is 1.38 bits per heavy atom. The summed E-state index contributed by atoms with van der Waals surface area (Å²) in [6.45, 7) is 1.99. The molecule has 0 bridgehead atoms. The van der Waals surface area contributed by atoms with Gasteiger partial charge in [-0.05, 0) is 25.3 Å². The van der Waals surface area contributed by atoms with Gasteiger partial charge >= 0.3 is 0 Å². The van der Waals surface area contributed by atoms with Crippen molar-refractivity contribution in [2.45, 2.75) is 50.8 Å². The van der Waals surface area contributed by atoms with Gasteiger partial charge < -0.3 is 10.8 Å². The van der Waals surface area contributed by atoms with Crippen LogP contribution in [0.25, 0.3) is 0 Å². The van der Waals surface area contributed by atoms with E-state index in [1.54, 1.807) is 6.08 Å². The maximum absolute atomic E-state index is 9.86. The van der Waals surface area contributed by atoms with Crippen molar-refractivity contribution in [3.05, 3.63) is 23.8 Å². The van der Waals surface area contributed by atoms with Crippen molar-refractivity contribution in [1.29, 1.82) is 0 Å². The smallest absolute Gasteiger partial charge is 0.114 e. The van der Waals surface area contributed by atoms with Crippen molar-refractivity contribution >= 4 is 5.71 Å². The zero-order valence-corrected chi connectivity index (χ0v) is 9.76. The van der Waals surface area contributed by atoms with Crippen LogP contribution in [0.1, 0.15) is 32.6 Å². The van der Waals surface area contributed by atoms with Gasteiger partial charge in [-0.1, -0.05) is 31.1 Å². The SMILES string of the molecule is CC1=CC=CC(O)C1=NC1CCCCC1N. The van der Waals surface area contributed by atoms with Gasteiger partial charge in [0.2, 0.25) is 0 Å². The first kappa shape index (κ1) is 11.6. The van der Waals surface area contributed by atoms with E-state index in [1.165, 1.54) is 12.8 Å². The normalized spacial score (nSPS) is 37.6. The highest BCUT2D eigenvalue weighted by atomic mass is 16.3. The number of allylic oxidation sites excluding steroid dienone is 2. The van der Waals surface area contributed by atoms with Gasteiger partial charge in [0.1, 0.15) is 6.10 Å². The molecule has 2 rings (SSSR count). The lowest BCUT2D eigenvalue weighted by Crippen LogP contribution is -2.38. The molecule has 3 heteroatoms. The van der Waals surface area contributed by atoms with Gasteiger partial charge in [-0.2, -0.15) is 0 Å². The van der Waals surface area contributed by atoms with Crippen LogP contribution >= 0.6 is 0 Å². The average molecular weight is 220 g/mol. The number of nitrogens with zero attached hydrogens (tertiary/aromatic N) is 1. The summed E-state index contributed by atoms with van der Waals surface area (Å²) < 4.78 is 0. The van der Waals surface area contributed by atoms with Crippen LogP contribution < -0.4 is 5.73 Å². The van der Waals surface area contributed by atoms with Gasteiger partial charge in [0.25, 0.3) is 0 Å². The van der Waals surface area contributed by atoms with Crippen LogP contribution in [0.5, 0.6) is 0 Å². The topological polar surface area (TPSA) is 58.6 Å². The fourth-order valence-electron chi connectivity index (χ4n) is 2.37. The highest BCUT2D eigenvalue weighted by molar-refractivity contribution is 6.05. The van der Waals surface area contributed by atoms with E-state index in [0.717, 1.165) is 24.1 Å². The van der Waals surface area contributed by atoms with Crippen LogP contribution in [0.3, 0.4) is 0 Å². The lowest BCUT2D eigenvalue weighted by atomic mass is 9.90. The maximum Gasteiger partial charge on any atom is 0.114 e. The van der Waals surface area contributed by atoms with Gasteiger partial charge in [-0.25, -0.2) is 0 Å². The fourth-order valence-corrected chi connectivity index (χ4v) is 2.37. The molecule has 0 aromatic heterocycles. The summed E-state index contributed by atoms with van der Waals surface area (Å²) >= 11 is 0. The zero-order valence-electron chi connectivity index (χ0n) is 9.76. The second kappa shape index (κ2) is 4.93. The Morgan fingerprint density at radius 3 is 2.81 bits per heavy atom. The summed E-state index contributed by atoms with van der Waals surface area (Å²) in [7, 11) is 0. The number of aliphatic hydroxyl groups excluding tert-OH is 1. The summed E-state index contributed by atoms with van der Waals surface area (Å²) in [5, 5.41) is 9.86. The molecule has 0 saturated heterocycles. The van der Waals surface area contributed by atoms with Crippen LogP contribution in [0.2, 0.25) is 0 Å². The third-order valence-electron chi connectivity index (χ3n) is 3.41. The van der Waals surface area contributed by atoms with E-state index < -0.39 is 6.10 Å². The van der Waals surface area contributed by atoms with Crippen molar-refractivity contribution in [2.75, 3.05) is 0 Å². The van der Waals surface area contributed by atoms with E-state index in [1.807, 2.05) is 19.1 Å². The molecular formula is C13H20N2O. The third kappa shape index (κ3) is 2.42. The lowest BCUT2D eigenvalue weighted by molar-refractivity contribution is 0.286. The zero-order chi connectivity index (χ0) is 11.5. The molecule has 2 aliphatic rings. The van der Waals surface area contributed by atoms with Crippen LogP contribution in [-0.4, -0.2) is 29.0 Å². The Balaban J connectivity index is 2.16. The second-order valence-corrected chi connectivity index (χ2v) is 4.71. The Kier molecular flexibility index (Phi) is 3.56. The van der Waals surface area contributed by atoms with Crippen LogP contribution in [0.4, 0.5) is 0 Å². The molecule has 0 heterocycles. The van der Waals surface area contributed by atoms with Crippen molar-refractivity contribution in [3.8, 4) is 0 Å². The number of nitrogens with two attached hydrogens (primary N) is 1. The number of hydrogen-bond acceptors (Lipinski definition) is 3. The summed E-state index contributed by atoms with van der Waals surface area (Å²) in [5.74, 6) is 0. The molecule has 0 aromatic carbocycles. The monoisotopic (exact) mass is 220 g/mol. The van der Waals surface area contributed by atoms with Crippen molar-refractivity contribution in [3.63, 3.8) is 0 Å². The quantitative estimate of drug-likeness (QED) is 0.704. The van der Waals surface area contributed by atoms with Gasteiger partial charge in [0.15, 0.2) is 0 Å². The summed E-state index contributed by atoms with van der Waals surface area (Å²) in [5.41, 5.74) is 7.91. The van der Waals surface area contributed by atoms with E-state index in [-0.39, 0.29) is 12.1 Å². The minimum absolute atomic E-state index is 0.159. The second-order valence-electron chi connectivity index (χ2n) is 4.71. The van der Waals surface area contributed by atoms with Crippen LogP contribution in [-0.2, 0) is 0 Å². The standard InChI is InChI=1S/C13H20N2O/c1-9-5-4-8-12(16)13(9)15-11-7-3-2-6-10(11)14/h4-5,8,10-12,16H,2-3,6-7,14H2,1H3. The molecule has 0 spiro atoms. The molecule has 0 radical (unpaired) electrons. The first-order chi connectivity index (χ1) is 7.68. The maximum atomic E-state index is 9.86. The molecule has 2 aliphatic carbocycles. The molecule has 3 N–H and O–H groups in total. The van der Waals surface area contributed by atoms with Crippen molar-refractivity contribution in [2.24, 2.45) is 10.7 Å². The van der Waals surface area contributed by atoms with Crippen molar-refractivity contribution in [1.82, 2.24) is 0 Å². The Labute approximate surface area is 96.8 Å². The molecule has 16 heavy (non-hydrogen) atoms. The predicted octanol–water partition coefficient (Wildman–Crippen LogP) is 1.57. The Bertz CT molecular complexity index is 344. The minimum Gasteiger partial charge on any atom is -0.383 e. The number of aliphatic imine (C=N–C) groups is 1. The molecule has 3 unspecified atom stereocenters. The van der Waals surface area contributed by atoms with Gasteiger partial charge in [-0.15, -0.1) is 0 Å². The van der Waals surface area contributed by atoms with Crippen LogP contribution in [0.15, 0.2) is 28.8 Å². The molecular weight excluding hydrogens is 200 g/mol. The average Bonchev–Trinajstić information content (AvgIpc) is 2.26. The van der Waals surface area contributed by atoms with E-state index in [0.29, 0.717) is 0 Å². The Hall–Kier alpha value is -0.930. The highest BCUT2D eigenvalue weighted by Crippen LogP contribution is 2.22. The molecule has 3 atom stereocenters. The van der Waals surface area contributed by atoms with Gasteiger partial charge in [0.05, 0.1) is 11.8 Å². The largest absolute Gasteiger partial charge is 0.383 e. The molecule has 1 fully saturated rings. The summed E-state index contributed by atoms with van der Waals surface area (Å²) in [6, 6.07) is 0.348. The number of rotatable bonds is 1. The first-order valence-corrected chi connectivity index (χ1v) is 6.05. The minimum atomic E-state index is -0.556. The van der Waals surface area contributed by atoms with E-state index in [9.17, 15) is 5.11 Å². The molecule has 0 aliphatic heterocycles. The third-order valence-corrected chi connectivity index (χ3v) is 3.41. The van der Waals surface area contributed by atoms with Gasteiger partial charge in [0, 0.05) is 6.04 Å². The highest BCUT2D eigenvalue weighted by Gasteiger charge is 2.23. The van der Waals surface area contributed by atoms with E-state index >= 15 is 0 Å². The fraction of sp³-hybridized carbons (Fsp3) is 0.615. The molecule has 3 nitrogen and oxygen atoms in total. The molecule has 0 amide bonds. The molecule has 1 saturated carbocycles. The summed E-state index contributed by atoms with van der Waals surface area (Å²) in [4.78, 5) is 4.66. The summed E-state index contributed by atoms with van der Waals surface area (Å²) in [6.07, 6.45) is 9.58. The van der Waals surface area contributed by atoms with Crippen LogP contribution in [0, 0.1) is 0 Å². The number of hydrogen-bond donors (Lipinski definition) is 2. The van der Waals surface area contributed by atoms with Crippen molar-refractivity contribution < 1.29 is 5.11 Å². The van der Waals surface area contributed by atoms with E-state index in [2.05, 4.69) is 4.99 Å². The van der Waals surface area contributed by atoms with E-state index in [4.69, 9.17) is 5.73 Å². The number of aliphatic hydroxyl groups is 1. The first-order valence-electron chi connectivity index (χ1n) is 6.05. The molecule has 88 valence electrons.